The molecule has 1 atom stereocenters. The van der Waals surface area contributed by atoms with Crippen LogP contribution in [-0.4, -0.2) is 32.7 Å². The fraction of sp³-hybridized carbons (Fsp3) is 0.444. The molecule has 1 aromatic heterocycles. The Hall–Kier alpha value is -2.14. The minimum atomic E-state index is -0.696. The summed E-state index contributed by atoms with van der Waals surface area (Å²) < 4.78 is 1.96. The fourth-order valence-electron chi connectivity index (χ4n) is 2.30. The average Bonchev–Trinajstić information content (AvgIpc) is 3.04. The topological polar surface area (TPSA) is 67.2 Å². The lowest BCUT2D eigenvalue weighted by atomic mass is 9.98. The molecular formula is C18H25N3O2. The molecule has 0 unspecified atom stereocenters. The number of carbonyl (C=O) groups is 1. The predicted molar refractivity (Wildman–Crippen MR) is 90.3 cm³/mol. The van der Waals surface area contributed by atoms with Crippen molar-refractivity contribution in [3.05, 3.63) is 54.1 Å². The number of hydrogen-bond acceptors (Lipinski definition) is 3. The second-order valence-electron chi connectivity index (χ2n) is 6.58. The number of aliphatic hydroxyl groups is 1. The normalized spacial score (nSPS) is 12.9. The average molecular weight is 315 g/mol. The first-order valence-corrected chi connectivity index (χ1v) is 7.92. The third-order valence-electron chi connectivity index (χ3n) is 3.81. The van der Waals surface area contributed by atoms with E-state index in [1.54, 1.807) is 26.4 Å². The minimum Gasteiger partial charge on any atom is -0.390 e. The molecule has 0 bridgehead atoms. The number of carbonyl (C=O) groups excluding carboxylic acids is 1. The molecule has 2 N–H and O–H groups in total. The Bertz CT molecular complexity index is 630. The molecule has 23 heavy (non-hydrogen) atoms. The number of amides is 1. The van der Waals surface area contributed by atoms with Crippen LogP contribution in [0.2, 0.25) is 0 Å². The maximum atomic E-state index is 12.3. The van der Waals surface area contributed by atoms with Crippen molar-refractivity contribution in [2.75, 3.05) is 6.54 Å². The van der Waals surface area contributed by atoms with Gasteiger partial charge < -0.3 is 15.0 Å². The molecule has 0 aliphatic heterocycles. The monoisotopic (exact) mass is 315 g/mol. The Kier molecular flexibility index (Phi) is 5.55. The van der Waals surface area contributed by atoms with Crippen molar-refractivity contribution in [3.63, 3.8) is 0 Å². The summed E-state index contributed by atoms with van der Waals surface area (Å²) in [6.45, 7) is 6.16. The highest BCUT2D eigenvalue weighted by Gasteiger charge is 2.13. The van der Waals surface area contributed by atoms with Crippen LogP contribution in [0.15, 0.2) is 43.0 Å². The summed E-state index contributed by atoms with van der Waals surface area (Å²) in [5.74, 6) is -0.0814. The van der Waals surface area contributed by atoms with E-state index in [1.165, 1.54) is 0 Å². The van der Waals surface area contributed by atoms with Gasteiger partial charge in [-0.2, -0.15) is 0 Å². The zero-order valence-electron chi connectivity index (χ0n) is 14.0. The first-order chi connectivity index (χ1) is 10.8. The molecule has 5 heteroatoms. The van der Waals surface area contributed by atoms with E-state index >= 15 is 0 Å². The largest absolute Gasteiger partial charge is 0.390 e. The number of aromatic nitrogens is 2. The summed E-state index contributed by atoms with van der Waals surface area (Å²) in [6.07, 6.45) is 6.76. The van der Waals surface area contributed by atoms with Gasteiger partial charge in [0.15, 0.2) is 0 Å². The molecule has 0 saturated heterocycles. The van der Waals surface area contributed by atoms with Crippen molar-refractivity contribution in [2.45, 2.75) is 45.3 Å². The molecule has 1 aromatic carbocycles. The van der Waals surface area contributed by atoms with Gasteiger partial charge in [-0.25, -0.2) is 4.98 Å². The van der Waals surface area contributed by atoms with Gasteiger partial charge in [-0.3, -0.25) is 4.79 Å². The van der Waals surface area contributed by atoms with Crippen LogP contribution < -0.4 is 5.32 Å². The summed E-state index contributed by atoms with van der Waals surface area (Å²) in [5.41, 5.74) is 1.01. The van der Waals surface area contributed by atoms with Crippen molar-refractivity contribution in [1.29, 1.82) is 0 Å². The SMILES string of the molecule is C[C@H](CNC(=O)c1cccc(CCC(C)(C)O)c1)n1ccnc1. The zero-order chi connectivity index (χ0) is 16.9. The molecule has 0 spiro atoms. The van der Waals surface area contributed by atoms with E-state index < -0.39 is 5.60 Å². The van der Waals surface area contributed by atoms with E-state index in [0.717, 1.165) is 12.0 Å². The Balaban J connectivity index is 1.91. The quantitative estimate of drug-likeness (QED) is 0.825. The summed E-state index contributed by atoms with van der Waals surface area (Å²) in [5, 5.41) is 12.8. The second-order valence-corrected chi connectivity index (χ2v) is 6.58. The van der Waals surface area contributed by atoms with Crippen LogP contribution in [0.5, 0.6) is 0 Å². The molecule has 5 nitrogen and oxygen atoms in total. The fourth-order valence-corrected chi connectivity index (χ4v) is 2.30. The second kappa shape index (κ2) is 7.42. The molecule has 2 rings (SSSR count). The van der Waals surface area contributed by atoms with Gasteiger partial charge in [0.25, 0.3) is 5.91 Å². The van der Waals surface area contributed by atoms with Gasteiger partial charge in [0.05, 0.1) is 11.9 Å². The smallest absolute Gasteiger partial charge is 0.251 e. The van der Waals surface area contributed by atoms with E-state index in [4.69, 9.17) is 0 Å². The molecule has 2 aromatic rings. The lowest BCUT2D eigenvalue weighted by Crippen LogP contribution is -2.29. The molecule has 1 heterocycles. The molecule has 0 fully saturated rings. The number of rotatable bonds is 7. The van der Waals surface area contributed by atoms with Crippen molar-refractivity contribution in [1.82, 2.24) is 14.9 Å². The minimum absolute atomic E-state index is 0.0814. The van der Waals surface area contributed by atoms with Crippen molar-refractivity contribution in [2.24, 2.45) is 0 Å². The summed E-state index contributed by atoms with van der Waals surface area (Å²) in [7, 11) is 0. The van der Waals surface area contributed by atoms with Crippen LogP contribution in [0, 0.1) is 0 Å². The van der Waals surface area contributed by atoms with Crippen LogP contribution in [0.4, 0.5) is 0 Å². The standard InChI is InChI=1S/C18H25N3O2/c1-14(21-10-9-19-13-21)12-20-17(22)16-6-4-5-15(11-16)7-8-18(2,3)23/h4-6,9-11,13-14,23H,7-8,12H2,1-3H3,(H,20,22)/t14-/m1/s1. The number of hydrogen-bond donors (Lipinski definition) is 2. The zero-order valence-corrected chi connectivity index (χ0v) is 14.0. The molecule has 0 saturated carbocycles. The summed E-state index contributed by atoms with van der Waals surface area (Å²) in [4.78, 5) is 16.3. The highest BCUT2D eigenvalue weighted by atomic mass is 16.3. The Morgan fingerprint density at radius 1 is 1.43 bits per heavy atom. The molecule has 0 radical (unpaired) electrons. The van der Waals surface area contributed by atoms with Gasteiger partial charge in [0, 0.05) is 30.5 Å². The maximum Gasteiger partial charge on any atom is 0.251 e. The van der Waals surface area contributed by atoms with Crippen molar-refractivity contribution in [3.8, 4) is 0 Å². The summed E-state index contributed by atoms with van der Waals surface area (Å²) >= 11 is 0. The van der Waals surface area contributed by atoms with Gasteiger partial charge >= 0.3 is 0 Å². The van der Waals surface area contributed by atoms with Crippen LogP contribution in [0.3, 0.4) is 0 Å². The Morgan fingerprint density at radius 2 is 2.22 bits per heavy atom. The van der Waals surface area contributed by atoms with Crippen LogP contribution in [-0.2, 0) is 6.42 Å². The van der Waals surface area contributed by atoms with Gasteiger partial charge in [-0.15, -0.1) is 0 Å². The Morgan fingerprint density at radius 3 is 2.87 bits per heavy atom. The molecule has 0 aliphatic rings. The molecule has 124 valence electrons. The predicted octanol–water partition coefficient (Wildman–Crippen LogP) is 2.58. The van der Waals surface area contributed by atoms with E-state index in [1.807, 2.05) is 42.0 Å². The maximum absolute atomic E-state index is 12.3. The third kappa shape index (κ3) is 5.53. The number of aryl methyl sites for hydroxylation is 1. The Labute approximate surface area is 137 Å². The van der Waals surface area contributed by atoms with Gasteiger partial charge in [0.2, 0.25) is 0 Å². The van der Waals surface area contributed by atoms with Crippen LogP contribution in [0.25, 0.3) is 0 Å². The number of nitrogens with one attached hydrogen (secondary N) is 1. The highest BCUT2D eigenvalue weighted by Crippen LogP contribution is 2.14. The molecule has 1 amide bonds. The number of nitrogens with zero attached hydrogens (tertiary/aromatic N) is 2. The number of imidazole rings is 1. The lowest BCUT2D eigenvalue weighted by Gasteiger charge is -2.17. The van der Waals surface area contributed by atoms with E-state index in [0.29, 0.717) is 18.5 Å². The molecule has 0 aliphatic carbocycles. The van der Waals surface area contributed by atoms with Crippen molar-refractivity contribution < 1.29 is 9.90 Å². The summed E-state index contributed by atoms with van der Waals surface area (Å²) in [6, 6.07) is 7.72. The van der Waals surface area contributed by atoms with Gasteiger partial charge in [-0.05, 0) is 51.3 Å². The first kappa shape index (κ1) is 17.2. The molecular weight excluding hydrogens is 290 g/mol. The van der Waals surface area contributed by atoms with E-state index in [2.05, 4.69) is 10.3 Å². The first-order valence-electron chi connectivity index (χ1n) is 7.92. The lowest BCUT2D eigenvalue weighted by molar-refractivity contribution is 0.0714. The van der Waals surface area contributed by atoms with Gasteiger partial charge in [0.1, 0.15) is 0 Å². The number of benzene rings is 1. The van der Waals surface area contributed by atoms with Crippen molar-refractivity contribution >= 4 is 5.91 Å². The highest BCUT2D eigenvalue weighted by molar-refractivity contribution is 5.94. The van der Waals surface area contributed by atoms with Gasteiger partial charge in [-0.1, -0.05) is 12.1 Å². The van der Waals surface area contributed by atoms with E-state index in [9.17, 15) is 9.90 Å². The van der Waals surface area contributed by atoms with Crippen LogP contribution in [0.1, 0.15) is 49.2 Å². The van der Waals surface area contributed by atoms with Crippen LogP contribution >= 0.6 is 0 Å². The van der Waals surface area contributed by atoms with E-state index in [-0.39, 0.29) is 11.9 Å². The third-order valence-corrected chi connectivity index (χ3v) is 3.81.